The van der Waals surface area contributed by atoms with Gasteiger partial charge in [-0.3, -0.25) is 9.59 Å². The van der Waals surface area contributed by atoms with E-state index < -0.39 is 5.97 Å². The van der Waals surface area contributed by atoms with E-state index in [4.69, 9.17) is 5.11 Å². The molecule has 0 radical (unpaired) electrons. The molecule has 4 heteroatoms. The van der Waals surface area contributed by atoms with Crippen LogP contribution in [0.3, 0.4) is 0 Å². The van der Waals surface area contributed by atoms with Crippen LogP contribution in [0.5, 0.6) is 0 Å². The number of amides is 1. The summed E-state index contributed by atoms with van der Waals surface area (Å²) in [5.41, 5.74) is 0.120. The molecule has 1 aliphatic carbocycles. The molecule has 1 aliphatic rings. The molecule has 0 spiro atoms. The van der Waals surface area contributed by atoms with E-state index in [0.717, 1.165) is 6.42 Å². The van der Waals surface area contributed by atoms with Crippen LogP contribution in [0.25, 0.3) is 0 Å². The third kappa shape index (κ3) is 2.47. The number of hydrogen-bond acceptors (Lipinski definition) is 2. The van der Waals surface area contributed by atoms with Gasteiger partial charge in [-0.15, -0.1) is 0 Å². The Labute approximate surface area is 83.9 Å². The maximum Gasteiger partial charge on any atom is 0.305 e. The Morgan fingerprint density at radius 2 is 2.00 bits per heavy atom. The molecule has 0 aliphatic heterocycles. The maximum atomic E-state index is 11.7. The van der Waals surface area contributed by atoms with Crippen molar-refractivity contribution in [2.45, 2.75) is 26.7 Å². The van der Waals surface area contributed by atoms with Crippen LogP contribution in [-0.2, 0) is 9.59 Å². The Hall–Kier alpha value is -1.06. The number of carbonyl (C=O) groups is 2. The van der Waals surface area contributed by atoms with Gasteiger partial charge in [0.2, 0.25) is 5.91 Å². The highest BCUT2D eigenvalue weighted by Gasteiger charge is 2.51. The standard InChI is InChI=1S/C10H17NO3/c1-10(2)6-7(10)9(14)11(3)5-4-8(12)13/h7H,4-6H2,1-3H3,(H,12,13). The summed E-state index contributed by atoms with van der Waals surface area (Å²) < 4.78 is 0. The SMILES string of the molecule is CN(CCC(=O)O)C(=O)C1CC1(C)C. The largest absolute Gasteiger partial charge is 0.481 e. The van der Waals surface area contributed by atoms with Gasteiger partial charge in [-0.1, -0.05) is 13.8 Å². The fourth-order valence-electron chi connectivity index (χ4n) is 1.53. The Morgan fingerprint density at radius 3 is 2.36 bits per heavy atom. The van der Waals surface area contributed by atoms with Crippen LogP contribution in [0.1, 0.15) is 26.7 Å². The number of nitrogens with zero attached hydrogens (tertiary/aromatic N) is 1. The van der Waals surface area contributed by atoms with E-state index >= 15 is 0 Å². The lowest BCUT2D eigenvalue weighted by Crippen LogP contribution is -2.31. The summed E-state index contributed by atoms with van der Waals surface area (Å²) in [7, 11) is 1.67. The van der Waals surface area contributed by atoms with E-state index in [1.54, 1.807) is 7.05 Å². The molecular weight excluding hydrogens is 182 g/mol. The second-order valence-electron chi connectivity index (χ2n) is 4.65. The van der Waals surface area contributed by atoms with Crippen molar-refractivity contribution in [2.75, 3.05) is 13.6 Å². The lowest BCUT2D eigenvalue weighted by Gasteiger charge is -2.16. The molecular formula is C10H17NO3. The van der Waals surface area contributed by atoms with Crippen LogP contribution >= 0.6 is 0 Å². The average Bonchev–Trinajstić information content (AvgIpc) is 2.69. The first kappa shape index (κ1) is 11.0. The number of carboxylic acid groups (broad SMARTS) is 1. The molecule has 0 heterocycles. The zero-order valence-corrected chi connectivity index (χ0v) is 8.91. The van der Waals surface area contributed by atoms with Crippen LogP contribution in [0.15, 0.2) is 0 Å². The average molecular weight is 199 g/mol. The maximum absolute atomic E-state index is 11.7. The Balaban J connectivity index is 2.35. The van der Waals surface area contributed by atoms with Gasteiger partial charge in [0.1, 0.15) is 0 Å². The summed E-state index contributed by atoms with van der Waals surface area (Å²) >= 11 is 0. The molecule has 1 rings (SSSR count). The van der Waals surface area contributed by atoms with Crippen molar-refractivity contribution in [1.29, 1.82) is 0 Å². The summed E-state index contributed by atoms with van der Waals surface area (Å²) in [6.07, 6.45) is 0.943. The Morgan fingerprint density at radius 1 is 1.50 bits per heavy atom. The summed E-state index contributed by atoms with van der Waals surface area (Å²) in [5, 5.41) is 8.46. The number of rotatable bonds is 4. The van der Waals surface area contributed by atoms with Gasteiger partial charge in [-0.25, -0.2) is 0 Å². The molecule has 0 aromatic heterocycles. The Bertz CT molecular complexity index is 260. The van der Waals surface area contributed by atoms with Crippen molar-refractivity contribution in [3.63, 3.8) is 0 Å². The number of hydrogen-bond donors (Lipinski definition) is 1. The van der Waals surface area contributed by atoms with E-state index in [0.29, 0.717) is 6.54 Å². The molecule has 1 N–H and O–H groups in total. The first-order valence-corrected chi connectivity index (χ1v) is 4.81. The summed E-state index contributed by atoms with van der Waals surface area (Å²) in [6.45, 7) is 4.42. The molecule has 1 unspecified atom stereocenters. The third-order valence-corrected chi connectivity index (χ3v) is 2.85. The number of aliphatic carboxylic acids is 1. The van der Waals surface area contributed by atoms with E-state index in [1.165, 1.54) is 4.90 Å². The van der Waals surface area contributed by atoms with Gasteiger partial charge in [0.15, 0.2) is 0 Å². The van der Waals surface area contributed by atoms with E-state index in [1.807, 2.05) is 0 Å². The van der Waals surface area contributed by atoms with Crippen molar-refractivity contribution in [3.05, 3.63) is 0 Å². The molecule has 4 nitrogen and oxygen atoms in total. The predicted molar refractivity (Wildman–Crippen MR) is 51.8 cm³/mol. The van der Waals surface area contributed by atoms with Gasteiger partial charge >= 0.3 is 5.97 Å². The number of carbonyl (C=O) groups excluding carboxylic acids is 1. The first-order valence-electron chi connectivity index (χ1n) is 4.81. The van der Waals surface area contributed by atoms with Gasteiger partial charge < -0.3 is 10.0 Å². The van der Waals surface area contributed by atoms with Crippen molar-refractivity contribution in [2.24, 2.45) is 11.3 Å². The second-order valence-corrected chi connectivity index (χ2v) is 4.65. The minimum absolute atomic E-state index is 0.0232. The molecule has 0 aromatic carbocycles. The molecule has 80 valence electrons. The quantitative estimate of drug-likeness (QED) is 0.733. The zero-order chi connectivity index (χ0) is 10.9. The fourth-order valence-corrected chi connectivity index (χ4v) is 1.53. The van der Waals surface area contributed by atoms with Crippen molar-refractivity contribution in [1.82, 2.24) is 4.90 Å². The third-order valence-electron chi connectivity index (χ3n) is 2.85. The first-order chi connectivity index (χ1) is 6.34. The lowest BCUT2D eigenvalue weighted by atomic mass is 10.1. The van der Waals surface area contributed by atoms with Gasteiger partial charge in [-0.05, 0) is 11.8 Å². The Kier molecular flexibility index (Phi) is 2.83. The minimum atomic E-state index is -0.861. The highest BCUT2D eigenvalue weighted by molar-refractivity contribution is 5.82. The molecule has 1 atom stereocenters. The van der Waals surface area contributed by atoms with Gasteiger partial charge in [-0.2, -0.15) is 0 Å². The predicted octanol–water partition coefficient (Wildman–Crippen LogP) is 0.966. The molecule has 0 bridgehead atoms. The topological polar surface area (TPSA) is 57.6 Å². The molecule has 14 heavy (non-hydrogen) atoms. The molecule has 1 saturated carbocycles. The van der Waals surface area contributed by atoms with Crippen LogP contribution in [0.2, 0.25) is 0 Å². The van der Waals surface area contributed by atoms with Crippen LogP contribution < -0.4 is 0 Å². The van der Waals surface area contributed by atoms with E-state index in [-0.39, 0.29) is 23.7 Å². The lowest BCUT2D eigenvalue weighted by molar-refractivity contribution is -0.138. The van der Waals surface area contributed by atoms with Crippen LogP contribution in [0, 0.1) is 11.3 Å². The zero-order valence-electron chi connectivity index (χ0n) is 8.91. The monoisotopic (exact) mass is 199 g/mol. The second kappa shape index (κ2) is 3.59. The molecule has 0 saturated heterocycles. The van der Waals surface area contributed by atoms with Crippen molar-refractivity contribution in [3.8, 4) is 0 Å². The minimum Gasteiger partial charge on any atom is -0.481 e. The highest BCUT2D eigenvalue weighted by Crippen LogP contribution is 2.52. The van der Waals surface area contributed by atoms with Gasteiger partial charge in [0, 0.05) is 19.5 Å². The molecule has 1 fully saturated rings. The highest BCUT2D eigenvalue weighted by atomic mass is 16.4. The van der Waals surface area contributed by atoms with Crippen LogP contribution in [0.4, 0.5) is 0 Å². The van der Waals surface area contributed by atoms with Gasteiger partial charge in [0.05, 0.1) is 6.42 Å². The van der Waals surface area contributed by atoms with Crippen molar-refractivity contribution >= 4 is 11.9 Å². The molecule has 1 amide bonds. The summed E-state index contributed by atoms with van der Waals surface area (Å²) in [4.78, 5) is 23.5. The van der Waals surface area contributed by atoms with E-state index in [2.05, 4.69) is 13.8 Å². The smallest absolute Gasteiger partial charge is 0.305 e. The fraction of sp³-hybridized carbons (Fsp3) is 0.800. The van der Waals surface area contributed by atoms with Crippen LogP contribution in [-0.4, -0.2) is 35.5 Å². The normalized spacial score (nSPS) is 22.9. The summed E-state index contributed by atoms with van der Waals surface area (Å²) in [5.74, 6) is -0.683. The summed E-state index contributed by atoms with van der Waals surface area (Å²) in [6, 6.07) is 0. The molecule has 0 aromatic rings. The van der Waals surface area contributed by atoms with E-state index in [9.17, 15) is 9.59 Å². The number of carboxylic acids is 1. The van der Waals surface area contributed by atoms with Gasteiger partial charge in [0.25, 0.3) is 0 Å². The van der Waals surface area contributed by atoms with Crippen molar-refractivity contribution < 1.29 is 14.7 Å².